The molecule has 0 unspecified atom stereocenters. The molecule has 0 saturated carbocycles. The van der Waals surface area contributed by atoms with E-state index < -0.39 is 22.0 Å². The molecule has 1 saturated heterocycles. The highest BCUT2D eigenvalue weighted by Crippen LogP contribution is 2.27. The van der Waals surface area contributed by atoms with Gasteiger partial charge in [-0.25, -0.2) is 13.8 Å². The summed E-state index contributed by atoms with van der Waals surface area (Å²) in [5.74, 6) is 0.637. The number of amides is 1. The van der Waals surface area contributed by atoms with E-state index in [0.717, 1.165) is 10.0 Å². The Kier molecular flexibility index (Phi) is 6.80. The van der Waals surface area contributed by atoms with Gasteiger partial charge in [0.2, 0.25) is 10.0 Å². The Balaban J connectivity index is 1.42. The lowest BCUT2D eigenvalue weighted by Gasteiger charge is -2.22. The first-order valence-corrected chi connectivity index (χ1v) is 12.4. The van der Waals surface area contributed by atoms with Crippen LogP contribution in [0.5, 0.6) is 0 Å². The minimum atomic E-state index is -3.82. The fourth-order valence-electron chi connectivity index (χ4n) is 3.46. The number of hydrazone groups is 1. The fraction of sp³-hybridized carbons (Fsp3) is 0.182. The van der Waals surface area contributed by atoms with Crippen LogP contribution in [0.1, 0.15) is 18.6 Å². The molecule has 166 valence electrons. The monoisotopic (exact) mass is 535 g/mol. The van der Waals surface area contributed by atoms with Crippen LogP contribution < -0.4 is 5.43 Å². The number of sulfonamides is 1. The van der Waals surface area contributed by atoms with Crippen molar-refractivity contribution in [2.24, 2.45) is 5.10 Å². The summed E-state index contributed by atoms with van der Waals surface area (Å²) in [5.41, 5.74) is 3.34. The first kappa shape index (κ1) is 22.7. The van der Waals surface area contributed by atoms with Gasteiger partial charge in [0.15, 0.2) is 0 Å². The van der Waals surface area contributed by atoms with E-state index in [-0.39, 0.29) is 11.4 Å². The summed E-state index contributed by atoms with van der Waals surface area (Å²) in [4.78, 5) is 12.7. The SMILES string of the molecule is O=C(N/N=C\c1ccc(-c2ccc(Br)cc2)o1)[C@H]1CCCN1S(=O)(=O)c1ccc(Cl)cc1. The number of hydrogen-bond donors (Lipinski definition) is 1. The van der Waals surface area contributed by atoms with Crippen molar-refractivity contribution in [3.63, 3.8) is 0 Å². The number of rotatable bonds is 6. The Morgan fingerprint density at radius 1 is 1.12 bits per heavy atom. The molecule has 1 atom stereocenters. The number of nitrogens with zero attached hydrogens (tertiary/aromatic N) is 2. The maximum Gasteiger partial charge on any atom is 0.258 e. The molecule has 0 bridgehead atoms. The minimum Gasteiger partial charge on any atom is -0.455 e. The van der Waals surface area contributed by atoms with Gasteiger partial charge in [-0.1, -0.05) is 39.7 Å². The lowest BCUT2D eigenvalue weighted by atomic mass is 10.2. The smallest absolute Gasteiger partial charge is 0.258 e. The van der Waals surface area contributed by atoms with Gasteiger partial charge in [0.05, 0.1) is 11.1 Å². The summed E-state index contributed by atoms with van der Waals surface area (Å²) >= 11 is 9.25. The molecule has 2 aromatic carbocycles. The lowest BCUT2D eigenvalue weighted by Crippen LogP contribution is -2.44. The number of halogens is 2. The molecule has 0 spiro atoms. The van der Waals surface area contributed by atoms with Gasteiger partial charge >= 0.3 is 0 Å². The van der Waals surface area contributed by atoms with E-state index in [2.05, 4.69) is 26.5 Å². The summed E-state index contributed by atoms with van der Waals surface area (Å²) in [6.45, 7) is 0.265. The van der Waals surface area contributed by atoms with Crippen LogP contribution in [0.4, 0.5) is 0 Å². The highest BCUT2D eigenvalue weighted by Gasteiger charge is 2.39. The Labute approximate surface area is 199 Å². The van der Waals surface area contributed by atoms with Crippen molar-refractivity contribution in [2.75, 3.05) is 6.54 Å². The highest BCUT2D eigenvalue weighted by atomic mass is 79.9. The van der Waals surface area contributed by atoms with Crippen LogP contribution in [0.25, 0.3) is 11.3 Å². The van der Waals surface area contributed by atoms with Crippen molar-refractivity contribution < 1.29 is 17.6 Å². The molecule has 1 aliphatic rings. The molecular weight excluding hydrogens is 518 g/mol. The zero-order valence-corrected chi connectivity index (χ0v) is 19.9. The second-order valence-corrected chi connectivity index (χ2v) is 10.4. The molecule has 3 aromatic rings. The third-order valence-corrected chi connectivity index (χ3v) is 7.75. The molecule has 0 aliphatic carbocycles. The molecule has 1 N–H and O–H groups in total. The Morgan fingerprint density at radius 3 is 2.56 bits per heavy atom. The van der Waals surface area contributed by atoms with Crippen molar-refractivity contribution in [3.8, 4) is 11.3 Å². The van der Waals surface area contributed by atoms with E-state index >= 15 is 0 Å². The Bertz CT molecular complexity index is 1240. The number of hydrogen-bond acceptors (Lipinski definition) is 5. The zero-order chi connectivity index (χ0) is 22.7. The molecule has 1 aliphatic heterocycles. The Hall–Kier alpha value is -2.46. The van der Waals surface area contributed by atoms with Crippen LogP contribution in [-0.2, 0) is 14.8 Å². The quantitative estimate of drug-likeness (QED) is 0.366. The van der Waals surface area contributed by atoms with Crippen LogP contribution in [0.2, 0.25) is 5.02 Å². The average molecular weight is 537 g/mol. The van der Waals surface area contributed by atoms with Gasteiger partial charge < -0.3 is 4.42 Å². The number of benzene rings is 2. The van der Waals surface area contributed by atoms with Gasteiger partial charge in [0.25, 0.3) is 5.91 Å². The molecule has 32 heavy (non-hydrogen) atoms. The predicted molar refractivity (Wildman–Crippen MR) is 126 cm³/mol. The van der Waals surface area contributed by atoms with Gasteiger partial charge in [0, 0.05) is 21.6 Å². The summed E-state index contributed by atoms with van der Waals surface area (Å²) in [5, 5.41) is 4.38. The first-order chi connectivity index (χ1) is 15.3. The second-order valence-electron chi connectivity index (χ2n) is 7.17. The Morgan fingerprint density at radius 2 is 1.84 bits per heavy atom. The lowest BCUT2D eigenvalue weighted by molar-refractivity contribution is -0.124. The highest BCUT2D eigenvalue weighted by molar-refractivity contribution is 9.10. The molecule has 2 heterocycles. The molecule has 7 nitrogen and oxygen atoms in total. The van der Waals surface area contributed by atoms with Crippen molar-refractivity contribution in [1.82, 2.24) is 9.73 Å². The summed E-state index contributed by atoms with van der Waals surface area (Å²) in [7, 11) is -3.82. The maximum absolute atomic E-state index is 13.0. The minimum absolute atomic E-state index is 0.0983. The summed E-state index contributed by atoms with van der Waals surface area (Å²) < 4.78 is 33.8. The predicted octanol–water partition coefficient (Wildman–Crippen LogP) is 4.67. The molecule has 1 amide bonds. The van der Waals surface area contributed by atoms with E-state index in [1.54, 1.807) is 6.07 Å². The van der Waals surface area contributed by atoms with E-state index in [1.807, 2.05) is 30.3 Å². The molecule has 1 fully saturated rings. The van der Waals surface area contributed by atoms with Crippen LogP contribution >= 0.6 is 27.5 Å². The van der Waals surface area contributed by atoms with Crippen LogP contribution in [0.3, 0.4) is 0 Å². The normalized spacial score (nSPS) is 17.1. The van der Waals surface area contributed by atoms with Gasteiger partial charge in [-0.15, -0.1) is 0 Å². The molecule has 4 rings (SSSR count). The molecule has 0 radical (unpaired) electrons. The zero-order valence-electron chi connectivity index (χ0n) is 16.7. The van der Waals surface area contributed by atoms with E-state index in [0.29, 0.717) is 29.4 Å². The van der Waals surface area contributed by atoms with Crippen LogP contribution in [-0.4, -0.2) is 37.4 Å². The molecular formula is C22H19BrClN3O4S. The number of nitrogens with one attached hydrogen (secondary N) is 1. The fourth-order valence-corrected chi connectivity index (χ4v) is 5.50. The van der Waals surface area contributed by atoms with E-state index in [4.69, 9.17) is 16.0 Å². The third kappa shape index (κ3) is 4.96. The van der Waals surface area contributed by atoms with Gasteiger partial charge in [-0.05, 0) is 61.4 Å². The molecule has 10 heteroatoms. The summed E-state index contributed by atoms with van der Waals surface area (Å²) in [6, 6.07) is 16.3. The van der Waals surface area contributed by atoms with Gasteiger partial charge in [-0.2, -0.15) is 9.41 Å². The van der Waals surface area contributed by atoms with Crippen molar-refractivity contribution in [1.29, 1.82) is 0 Å². The average Bonchev–Trinajstić information content (AvgIpc) is 3.45. The number of carbonyl (C=O) groups excluding carboxylic acids is 1. The van der Waals surface area contributed by atoms with E-state index in [9.17, 15) is 13.2 Å². The molecule has 1 aromatic heterocycles. The van der Waals surface area contributed by atoms with Gasteiger partial charge in [0.1, 0.15) is 17.6 Å². The second kappa shape index (κ2) is 9.58. The van der Waals surface area contributed by atoms with E-state index in [1.165, 1.54) is 34.8 Å². The van der Waals surface area contributed by atoms with Crippen molar-refractivity contribution in [2.45, 2.75) is 23.8 Å². The van der Waals surface area contributed by atoms with Crippen LogP contribution in [0.15, 0.2) is 79.6 Å². The number of furan rings is 1. The van der Waals surface area contributed by atoms with Crippen molar-refractivity contribution in [3.05, 3.63) is 75.9 Å². The van der Waals surface area contributed by atoms with Crippen molar-refractivity contribution >= 4 is 49.7 Å². The van der Waals surface area contributed by atoms with Gasteiger partial charge in [-0.3, -0.25) is 4.79 Å². The topological polar surface area (TPSA) is 92.0 Å². The maximum atomic E-state index is 13.0. The summed E-state index contributed by atoms with van der Waals surface area (Å²) in [6.07, 6.45) is 2.39. The standard InChI is InChI=1S/C22H19BrClN3O4S/c23-16-5-3-15(4-6-16)21-12-9-18(31-21)14-25-26-22(28)20-2-1-13-27(20)32(29,30)19-10-7-17(24)8-11-19/h3-12,14,20H,1-2,13H2,(H,26,28)/b25-14-/t20-/m1/s1. The number of carbonyl (C=O) groups is 1. The first-order valence-electron chi connectivity index (χ1n) is 9.81. The van der Waals surface area contributed by atoms with Crippen LogP contribution in [0, 0.1) is 0 Å². The largest absolute Gasteiger partial charge is 0.455 e. The third-order valence-electron chi connectivity index (χ3n) is 5.05.